The third kappa shape index (κ3) is 9.40. The average molecular weight is 673 g/mol. The fourth-order valence-corrected chi connectivity index (χ4v) is 6.90. The van der Waals surface area contributed by atoms with Gasteiger partial charge in [-0.05, 0) is 37.5 Å². The predicted octanol–water partition coefficient (Wildman–Crippen LogP) is 7.59. The predicted molar refractivity (Wildman–Crippen MR) is 164 cm³/mol. The van der Waals surface area contributed by atoms with Crippen LogP contribution in [0.1, 0.15) is 54.3 Å². The van der Waals surface area contributed by atoms with Crippen LogP contribution in [0.15, 0.2) is 72.8 Å². The van der Waals surface area contributed by atoms with Crippen LogP contribution in [0.2, 0.25) is 0 Å². The van der Waals surface area contributed by atoms with Crippen LogP contribution in [0.25, 0.3) is 0 Å². The fraction of sp³-hybridized carbons (Fsp3) is 0.333. The summed E-state index contributed by atoms with van der Waals surface area (Å²) in [5.74, 6) is 0.174. The summed E-state index contributed by atoms with van der Waals surface area (Å²) in [6, 6.07) is 17.9. The van der Waals surface area contributed by atoms with Crippen molar-refractivity contribution < 1.29 is 28.0 Å². The molecule has 0 saturated carbocycles. The minimum atomic E-state index is -3.51. The molecule has 0 aromatic heterocycles. The maximum atomic E-state index is 11.8. The van der Waals surface area contributed by atoms with Gasteiger partial charge in [-0.15, -0.1) is 34.8 Å². The third-order valence-electron chi connectivity index (χ3n) is 6.38. The van der Waals surface area contributed by atoms with Crippen LogP contribution in [0.3, 0.4) is 0 Å². The van der Waals surface area contributed by atoms with Crippen molar-refractivity contribution in [2.45, 2.75) is 37.6 Å². The van der Waals surface area contributed by atoms with Gasteiger partial charge in [-0.3, -0.25) is 30.3 Å². The van der Waals surface area contributed by atoms with Gasteiger partial charge in [0.1, 0.15) is 0 Å². The number of nitro benzene ring substituents is 3. The standard InChI is InChI=1S/C27H28Cl3N3O9Si/c28-16-13-25(19-7-1-4-10-22(19)31(34)35)40-43(41-26(14-17-29)20-8-2-5-11-23(20)32(36)37)42-27(15-18-30)21-9-3-6-12-24(21)33(38)39/h1-12,25-27,43H,13-18H2. The highest BCUT2D eigenvalue weighted by Gasteiger charge is 2.35. The number of nitro groups is 3. The Labute approximate surface area is 263 Å². The molecule has 3 aromatic carbocycles. The van der Waals surface area contributed by atoms with Gasteiger partial charge >= 0.3 is 9.53 Å². The Morgan fingerprint density at radius 1 is 0.535 bits per heavy atom. The minimum Gasteiger partial charge on any atom is -0.368 e. The molecule has 0 amide bonds. The summed E-state index contributed by atoms with van der Waals surface area (Å²) >= 11 is 18.2. The van der Waals surface area contributed by atoms with Gasteiger partial charge in [0.2, 0.25) is 0 Å². The summed E-state index contributed by atoms with van der Waals surface area (Å²) in [7, 11) is -3.51. The van der Waals surface area contributed by atoms with E-state index in [1.807, 2.05) is 0 Å². The molecule has 43 heavy (non-hydrogen) atoms. The van der Waals surface area contributed by atoms with Gasteiger partial charge in [0.25, 0.3) is 17.1 Å². The van der Waals surface area contributed by atoms with E-state index in [2.05, 4.69) is 0 Å². The number of halogens is 3. The van der Waals surface area contributed by atoms with E-state index in [9.17, 15) is 30.3 Å². The van der Waals surface area contributed by atoms with Gasteiger partial charge in [-0.25, -0.2) is 0 Å². The van der Waals surface area contributed by atoms with E-state index in [0.29, 0.717) is 0 Å². The molecule has 12 nitrogen and oxygen atoms in total. The number of nitrogens with zero attached hydrogens (tertiary/aromatic N) is 3. The Kier molecular flexibility index (Phi) is 13.7. The minimum absolute atomic E-state index is 0.0579. The molecule has 0 N–H and O–H groups in total. The first-order valence-electron chi connectivity index (χ1n) is 13.1. The summed E-state index contributed by atoms with van der Waals surface area (Å²) in [4.78, 5) is 33.8. The molecular weight excluding hydrogens is 645 g/mol. The Balaban J connectivity index is 2.11. The number of rotatable bonds is 18. The number of hydrogen-bond donors (Lipinski definition) is 0. The van der Waals surface area contributed by atoms with Crippen LogP contribution in [-0.4, -0.2) is 41.9 Å². The largest absolute Gasteiger partial charge is 0.485 e. The second kappa shape index (κ2) is 17.2. The maximum absolute atomic E-state index is 11.8. The number of alkyl halides is 3. The van der Waals surface area contributed by atoms with Gasteiger partial charge < -0.3 is 13.3 Å². The van der Waals surface area contributed by atoms with Crippen molar-refractivity contribution in [2.75, 3.05) is 17.6 Å². The molecule has 0 aliphatic rings. The molecule has 0 aliphatic heterocycles. The maximum Gasteiger partial charge on any atom is 0.485 e. The van der Waals surface area contributed by atoms with Gasteiger partial charge in [-0.2, -0.15) is 0 Å². The Bertz CT molecular complexity index is 1240. The lowest BCUT2D eigenvalue weighted by atomic mass is 10.1. The molecule has 230 valence electrons. The lowest BCUT2D eigenvalue weighted by Gasteiger charge is -2.30. The number of hydrogen-bond acceptors (Lipinski definition) is 9. The zero-order valence-electron chi connectivity index (χ0n) is 22.6. The Morgan fingerprint density at radius 2 is 0.791 bits per heavy atom. The summed E-state index contributed by atoms with van der Waals surface area (Å²) < 4.78 is 19.0. The molecule has 3 unspecified atom stereocenters. The van der Waals surface area contributed by atoms with E-state index >= 15 is 0 Å². The van der Waals surface area contributed by atoms with Crippen LogP contribution in [0.4, 0.5) is 17.1 Å². The molecule has 0 spiro atoms. The van der Waals surface area contributed by atoms with Gasteiger partial charge in [0.15, 0.2) is 0 Å². The fourth-order valence-electron chi connectivity index (χ4n) is 4.46. The van der Waals surface area contributed by atoms with Gasteiger partial charge in [0.05, 0.1) is 49.8 Å². The van der Waals surface area contributed by atoms with Crippen molar-refractivity contribution >= 4 is 61.4 Å². The SMILES string of the molecule is O=[N+]([O-])c1ccccc1C(CCCl)O[SiH](OC(CCCl)c1ccccc1[N+](=O)[O-])OC(CCCl)c1ccccc1[N+](=O)[O-]. The quantitative estimate of drug-likeness (QED) is 0.0574. The number of benzene rings is 3. The Morgan fingerprint density at radius 3 is 1.02 bits per heavy atom. The van der Waals surface area contributed by atoms with Crippen LogP contribution < -0.4 is 0 Å². The van der Waals surface area contributed by atoms with E-state index in [4.69, 9.17) is 48.1 Å². The van der Waals surface area contributed by atoms with E-state index in [0.717, 1.165) is 0 Å². The first-order valence-corrected chi connectivity index (χ1v) is 16.1. The van der Waals surface area contributed by atoms with Crippen molar-refractivity contribution in [1.82, 2.24) is 0 Å². The lowest BCUT2D eigenvalue weighted by Crippen LogP contribution is -2.33. The average Bonchev–Trinajstić information content (AvgIpc) is 3.00. The van der Waals surface area contributed by atoms with E-state index in [1.54, 1.807) is 18.2 Å². The van der Waals surface area contributed by atoms with Crippen molar-refractivity contribution in [1.29, 1.82) is 0 Å². The van der Waals surface area contributed by atoms with Crippen LogP contribution in [0.5, 0.6) is 0 Å². The first-order chi connectivity index (χ1) is 20.7. The second-order valence-corrected chi connectivity index (χ2v) is 11.6. The molecule has 0 saturated heterocycles. The monoisotopic (exact) mass is 671 g/mol. The Hall–Kier alpha value is -3.17. The highest BCUT2D eigenvalue weighted by Crippen LogP contribution is 2.37. The van der Waals surface area contributed by atoms with E-state index < -0.39 is 42.6 Å². The highest BCUT2D eigenvalue weighted by atomic mass is 35.5. The molecule has 0 heterocycles. The van der Waals surface area contributed by atoms with Crippen molar-refractivity contribution in [3.05, 3.63) is 120 Å². The van der Waals surface area contributed by atoms with Crippen LogP contribution in [-0.2, 0) is 13.3 Å². The second-order valence-electron chi connectivity index (χ2n) is 9.04. The summed E-state index contributed by atoms with van der Waals surface area (Å²) in [5.41, 5.74) is 0.0261. The lowest BCUT2D eigenvalue weighted by molar-refractivity contribution is -0.386. The summed E-state index contributed by atoms with van der Waals surface area (Å²) in [5, 5.41) is 35.5. The molecule has 16 heteroatoms. The zero-order chi connectivity index (χ0) is 31.4. The molecule has 0 aliphatic carbocycles. The zero-order valence-corrected chi connectivity index (χ0v) is 26.1. The smallest absolute Gasteiger partial charge is 0.368 e. The van der Waals surface area contributed by atoms with Crippen LogP contribution in [0, 0.1) is 30.3 Å². The number of para-hydroxylation sites is 3. The van der Waals surface area contributed by atoms with Crippen molar-refractivity contribution in [2.24, 2.45) is 0 Å². The van der Waals surface area contributed by atoms with Gasteiger partial charge in [-0.1, -0.05) is 36.4 Å². The van der Waals surface area contributed by atoms with Crippen molar-refractivity contribution in [3.8, 4) is 0 Å². The first kappa shape index (κ1) is 34.3. The summed E-state index contributed by atoms with van der Waals surface area (Å²) in [6.45, 7) is 0. The highest BCUT2D eigenvalue weighted by molar-refractivity contribution is 6.36. The molecule has 3 aromatic rings. The van der Waals surface area contributed by atoms with Crippen molar-refractivity contribution in [3.63, 3.8) is 0 Å². The normalized spacial score (nSPS) is 14.0. The topological polar surface area (TPSA) is 157 Å². The molecule has 3 rings (SSSR count). The molecule has 0 bridgehead atoms. The van der Waals surface area contributed by atoms with Crippen LogP contribution >= 0.6 is 34.8 Å². The molecular formula is C27H28Cl3N3O9Si. The van der Waals surface area contributed by atoms with E-state index in [1.165, 1.54) is 54.6 Å². The molecule has 0 radical (unpaired) electrons. The van der Waals surface area contributed by atoms with Gasteiger partial charge in [0, 0.05) is 35.8 Å². The molecule has 0 fully saturated rings. The molecule has 3 atom stereocenters. The third-order valence-corrected chi connectivity index (χ3v) is 8.69. The summed E-state index contributed by atoms with van der Waals surface area (Å²) in [6.07, 6.45) is -2.54. The van der Waals surface area contributed by atoms with E-state index in [-0.39, 0.29) is 70.7 Å².